The van der Waals surface area contributed by atoms with E-state index in [4.69, 9.17) is 9.52 Å². The van der Waals surface area contributed by atoms with E-state index in [1.807, 2.05) is 26.0 Å². The van der Waals surface area contributed by atoms with Gasteiger partial charge >= 0.3 is 5.97 Å². The Morgan fingerprint density at radius 3 is 2.45 bits per heavy atom. The lowest BCUT2D eigenvalue weighted by Gasteiger charge is -2.08. The van der Waals surface area contributed by atoms with E-state index >= 15 is 0 Å². The first-order chi connectivity index (χ1) is 10.5. The molecule has 0 aliphatic rings. The fraction of sp³-hybridized carbons (Fsp3) is 0.294. The summed E-state index contributed by atoms with van der Waals surface area (Å²) >= 11 is 0. The van der Waals surface area contributed by atoms with Crippen molar-refractivity contribution in [3.05, 3.63) is 53.5 Å². The first-order valence-electron chi connectivity index (χ1n) is 7.17. The van der Waals surface area contributed by atoms with Crippen LogP contribution in [0.25, 0.3) is 0 Å². The maximum absolute atomic E-state index is 12.3. The average molecular weight is 301 g/mol. The minimum Gasteiger partial charge on any atom is -0.481 e. The van der Waals surface area contributed by atoms with Gasteiger partial charge < -0.3 is 14.8 Å². The Labute approximate surface area is 129 Å². The topological polar surface area (TPSA) is 79.5 Å². The number of rotatable bonds is 6. The van der Waals surface area contributed by atoms with Gasteiger partial charge in [-0.3, -0.25) is 9.59 Å². The van der Waals surface area contributed by atoms with E-state index in [2.05, 4.69) is 5.32 Å². The Hall–Kier alpha value is -2.56. The molecule has 0 fully saturated rings. The van der Waals surface area contributed by atoms with Gasteiger partial charge in [0.1, 0.15) is 5.76 Å². The highest BCUT2D eigenvalue weighted by Crippen LogP contribution is 2.22. The quantitative estimate of drug-likeness (QED) is 0.853. The highest BCUT2D eigenvalue weighted by atomic mass is 16.4. The number of anilines is 1. The number of hydrogen-bond donors (Lipinski definition) is 2. The van der Waals surface area contributed by atoms with Gasteiger partial charge in [-0.25, -0.2) is 0 Å². The fourth-order valence-electron chi connectivity index (χ4n) is 2.16. The molecule has 0 saturated carbocycles. The van der Waals surface area contributed by atoms with E-state index in [0.717, 1.165) is 5.56 Å². The molecule has 22 heavy (non-hydrogen) atoms. The third kappa shape index (κ3) is 3.97. The van der Waals surface area contributed by atoms with E-state index < -0.39 is 5.97 Å². The van der Waals surface area contributed by atoms with Crippen LogP contribution in [-0.2, 0) is 11.2 Å². The summed E-state index contributed by atoms with van der Waals surface area (Å²) in [6.45, 7) is 3.93. The molecule has 0 atom stereocenters. The summed E-state index contributed by atoms with van der Waals surface area (Å²) in [7, 11) is 0. The Kier molecular flexibility index (Phi) is 4.99. The zero-order valence-electron chi connectivity index (χ0n) is 12.6. The van der Waals surface area contributed by atoms with E-state index in [0.29, 0.717) is 23.4 Å². The lowest BCUT2D eigenvalue weighted by atomic mass is 10.1. The lowest BCUT2D eigenvalue weighted by Crippen LogP contribution is -2.13. The molecule has 1 aromatic heterocycles. The van der Waals surface area contributed by atoms with Gasteiger partial charge in [0.05, 0.1) is 11.8 Å². The number of nitrogens with one attached hydrogen (secondary N) is 1. The molecule has 1 heterocycles. The molecule has 1 amide bonds. The second-order valence-electron chi connectivity index (χ2n) is 5.40. The number of carbonyl (C=O) groups excluding carboxylic acids is 1. The number of furan rings is 1. The standard InChI is InChI=1S/C17H19NO4/c1-11(2)16-14(9-10-22-16)17(21)18-13-6-3-12(4-7-13)5-8-15(19)20/h3-4,6-7,9-11H,5,8H2,1-2H3,(H,18,21)(H,19,20). The van der Waals surface area contributed by atoms with Gasteiger partial charge in [-0.2, -0.15) is 0 Å². The number of aryl methyl sites for hydroxylation is 1. The summed E-state index contributed by atoms with van der Waals surface area (Å²) in [6.07, 6.45) is 2.08. The molecule has 0 aliphatic heterocycles. The average Bonchev–Trinajstić information content (AvgIpc) is 2.96. The predicted molar refractivity (Wildman–Crippen MR) is 83.1 cm³/mol. The predicted octanol–water partition coefficient (Wildman–Crippen LogP) is 3.67. The highest BCUT2D eigenvalue weighted by Gasteiger charge is 2.17. The van der Waals surface area contributed by atoms with Crippen LogP contribution >= 0.6 is 0 Å². The van der Waals surface area contributed by atoms with Gasteiger partial charge in [-0.15, -0.1) is 0 Å². The minimum absolute atomic E-state index is 0.0957. The molecular formula is C17H19NO4. The zero-order valence-corrected chi connectivity index (χ0v) is 12.6. The largest absolute Gasteiger partial charge is 0.481 e. The molecule has 0 bridgehead atoms. The molecule has 2 N–H and O–H groups in total. The van der Waals surface area contributed by atoms with E-state index in [1.165, 1.54) is 6.26 Å². The van der Waals surface area contributed by atoms with Crippen LogP contribution in [0.5, 0.6) is 0 Å². The van der Waals surface area contributed by atoms with Crippen LogP contribution in [0.15, 0.2) is 41.0 Å². The smallest absolute Gasteiger partial charge is 0.303 e. The van der Waals surface area contributed by atoms with Crippen molar-refractivity contribution in [2.45, 2.75) is 32.6 Å². The number of amides is 1. The van der Waals surface area contributed by atoms with Crippen molar-refractivity contribution in [2.75, 3.05) is 5.32 Å². The Morgan fingerprint density at radius 1 is 1.18 bits per heavy atom. The third-order valence-electron chi connectivity index (χ3n) is 3.30. The van der Waals surface area contributed by atoms with Crippen LogP contribution in [0.4, 0.5) is 5.69 Å². The fourth-order valence-corrected chi connectivity index (χ4v) is 2.16. The summed E-state index contributed by atoms with van der Waals surface area (Å²) < 4.78 is 5.34. The molecule has 5 nitrogen and oxygen atoms in total. The molecule has 2 aromatic rings. The van der Waals surface area contributed by atoms with E-state index in [9.17, 15) is 9.59 Å². The van der Waals surface area contributed by atoms with Crippen molar-refractivity contribution < 1.29 is 19.1 Å². The highest BCUT2D eigenvalue weighted by molar-refractivity contribution is 6.05. The zero-order chi connectivity index (χ0) is 16.1. The van der Waals surface area contributed by atoms with Crippen molar-refractivity contribution in [1.29, 1.82) is 0 Å². The van der Waals surface area contributed by atoms with Gasteiger partial charge in [0.25, 0.3) is 5.91 Å². The number of aliphatic carboxylic acids is 1. The van der Waals surface area contributed by atoms with Crippen LogP contribution in [-0.4, -0.2) is 17.0 Å². The normalized spacial score (nSPS) is 10.7. The summed E-state index contributed by atoms with van der Waals surface area (Å²) in [4.78, 5) is 22.8. The lowest BCUT2D eigenvalue weighted by molar-refractivity contribution is -0.136. The van der Waals surface area contributed by atoms with Crippen LogP contribution < -0.4 is 5.32 Å². The number of hydrogen-bond acceptors (Lipinski definition) is 3. The summed E-state index contributed by atoms with van der Waals surface area (Å²) in [5.74, 6) is -0.237. The van der Waals surface area contributed by atoms with Crippen LogP contribution in [0, 0.1) is 0 Å². The number of carbonyl (C=O) groups is 2. The summed E-state index contributed by atoms with van der Waals surface area (Å²) in [5, 5.41) is 11.5. The van der Waals surface area contributed by atoms with Gasteiger partial charge in [0.2, 0.25) is 0 Å². The van der Waals surface area contributed by atoms with Crippen LogP contribution in [0.3, 0.4) is 0 Å². The third-order valence-corrected chi connectivity index (χ3v) is 3.30. The molecule has 0 saturated heterocycles. The Morgan fingerprint density at radius 2 is 1.86 bits per heavy atom. The summed E-state index contributed by atoms with van der Waals surface area (Å²) in [5.41, 5.74) is 2.12. The molecule has 0 radical (unpaired) electrons. The Balaban J connectivity index is 2.02. The molecular weight excluding hydrogens is 282 g/mol. The van der Waals surface area contributed by atoms with Crippen LogP contribution in [0.1, 0.15) is 47.9 Å². The molecule has 1 aromatic carbocycles. The number of carboxylic acids is 1. The maximum Gasteiger partial charge on any atom is 0.303 e. The van der Waals surface area contributed by atoms with Gasteiger partial charge in [-0.1, -0.05) is 26.0 Å². The number of carboxylic acid groups (broad SMARTS) is 1. The number of benzene rings is 1. The van der Waals surface area contributed by atoms with Crippen LogP contribution in [0.2, 0.25) is 0 Å². The minimum atomic E-state index is -0.821. The second-order valence-corrected chi connectivity index (χ2v) is 5.40. The van der Waals surface area contributed by atoms with Crippen molar-refractivity contribution in [1.82, 2.24) is 0 Å². The first-order valence-corrected chi connectivity index (χ1v) is 7.17. The Bertz CT molecular complexity index is 656. The molecule has 116 valence electrons. The van der Waals surface area contributed by atoms with Gasteiger partial charge in [-0.05, 0) is 30.2 Å². The SMILES string of the molecule is CC(C)c1occc1C(=O)Nc1ccc(CCC(=O)O)cc1. The van der Waals surface area contributed by atoms with Crippen molar-refractivity contribution in [3.8, 4) is 0 Å². The second kappa shape index (κ2) is 6.93. The molecule has 2 rings (SSSR count). The maximum atomic E-state index is 12.3. The van der Waals surface area contributed by atoms with Crippen molar-refractivity contribution in [2.24, 2.45) is 0 Å². The monoisotopic (exact) mass is 301 g/mol. The summed E-state index contributed by atoms with van der Waals surface area (Å²) in [6, 6.07) is 8.83. The molecule has 0 aliphatic carbocycles. The van der Waals surface area contributed by atoms with E-state index in [-0.39, 0.29) is 18.2 Å². The molecule has 5 heteroatoms. The van der Waals surface area contributed by atoms with Crippen molar-refractivity contribution >= 4 is 17.6 Å². The molecule has 0 spiro atoms. The van der Waals surface area contributed by atoms with Gasteiger partial charge in [0, 0.05) is 18.0 Å². The van der Waals surface area contributed by atoms with Gasteiger partial charge in [0.15, 0.2) is 0 Å². The van der Waals surface area contributed by atoms with E-state index in [1.54, 1.807) is 18.2 Å². The van der Waals surface area contributed by atoms with Crippen molar-refractivity contribution in [3.63, 3.8) is 0 Å². The first kappa shape index (κ1) is 15.8. The molecule has 0 unspecified atom stereocenters.